The second-order valence-electron chi connectivity index (χ2n) is 7.12. The second kappa shape index (κ2) is 9.04. The fraction of sp³-hybridized carbons (Fsp3) is 0.571. The van der Waals surface area contributed by atoms with Crippen molar-refractivity contribution in [2.75, 3.05) is 43.9 Å². The van der Waals surface area contributed by atoms with Crippen LogP contribution in [0.2, 0.25) is 0 Å². The Bertz CT molecular complexity index is 677. The van der Waals surface area contributed by atoms with E-state index >= 15 is 0 Å². The van der Waals surface area contributed by atoms with Crippen LogP contribution in [0.25, 0.3) is 10.9 Å². The van der Waals surface area contributed by atoms with Gasteiger partial charge in [0, 0.05) is 42.6 Å². The molecule has 0 unspecified atom stereocenters. The van der Waals surface area contributed by atoms with Gasteiger partial charge in [0.25, 0.3) is 0 Å². The predicted molar refractivity (Wildman–Crippen MR) is 111 cm³/mol. The monoisotopic (exact) mass is 342 g/mol. The van der Waals surface area contributed by atoms with Gasteiger partial charge in [-0.3, -0.25) is 4.98 Å². The van der Waals surface area contributed by atoms with Gasteiger partial charge in [-0.25, -0.2) is 0 Å². The van der Waals surface area contributed by atoms with E-state index in [1.165, 1.54) is 36.1 Å². The van der Waals surface area contributed by atoms with E-state index in [0.29, 0.717) is 6.04 Å². The maximum absolute atomic E-state index is 4.69. The summed E-state index contributed by atoms with van der Waals surface area (Å²) in [5.74, 6) is 0. The van der Waals surface area contributed by atoms with Crippen molar-refractivity contribution >= 4 is 22.3 Å². The molecule has 138 valence electrons. The molecule has 2 aromatic rings. The number of pyridine rings is 1. The van der Waals surface area contributed by atoms with Crippen molar-refractivity contribution in [3.05, 3.63) is 30.0 Å². The highest BCUT2D eigenvalue weighted by Crippen LogP contribution is 2.28. The minimum absolute atomic E-state index is 0.448. The molecule has 0 aliphatic carbocycles. The molecule has 2 rings (SSSR count). The van der Waals surface area contributed by atoms with Crippen molar-refractivity contribution in [3.8, 4) is 0 Å². The lowest BCUT2D eigenvalue weighted by Gasteiger charge is -2.21. The first-order chi connectivity index (χ1) is 11.9. The summed E-state index contributed by atoms with van der Waals surface area (Å²) in [6.07, 6.45) is 2.40. The summed E-state index contributed by atoms with van der Waals surface area (Å²) in [6.45, 7) is 12.3. The zero-order valence-electron chi connectivity index (χ0n) is 16.8. The molecular formula is C21H34N4. The molecule has 0 saturated heterocycles. The SMILES string of the molecule is CCN(CC)CCC[C@H](C)Nc1cc(C)nc2ccc(N(C)C)cc12. The molecule has 1 aromatic heterocycles. The summed E-state index contributed by atoms with van der Waals surface area (Å²) in [5, 5.41) is 4.93. The van der Waals surface area contributed by atoms with Crippen LogP contribution in [0.4, 0.5) is 11.4 Å². The molecule has 0 aliphatic heterocycles. The van der Waals surface area contributed by atoms with Crippen LogP contribution in [0.3, 0.4) is 0 Å². The molecule has 0 spiro atoms. The van der Waals surface area contributed by atoms with Crippen LogP contribution in [-0.2, 0) is 0 Å². The molecule has 1 heterocycles. The van der Waals surface area contributed by atoms with Gasteiger partial charge in [-0.15, -0.1) is 0 Å². The Balaban J connectivity index is 2.12. The molecule has 1 N–H and O–H groups in total. The topological polar surface area (TPSA) is 31.4 Å². The molecular weight excluding hydrogens is 308 g/mol. The number of nitrogens with zero attached hydrogens (tertiary/aromatic N) is 3. The normalized spacial score (nSPS) is 12.6. The van der Waals surface area contributed by atoms with E-state index in [4.69, 9.17) is 0 Å². The van der Waals surface area contributed by atoms with Crippen LogP contribution in [0.5, 0.6) is 0 Å². The van der Waals surface area contributed by atoms with Gasteiger partial charge in [0.15, 0.2) is 0 Å². The van der Waals surface area contributed by atoms with Gasteiger partial charge >= 0.3 is 0 Å². The summed E-state index contributed by atoms with van der Waals surface area (Å²) in [4.78, 5) is 9.31. The number of hydrogen-bond acceptors (Lipinski definition) is 4. The van der Waals surface area contributed by atoms with Crippen molar-refractivity contribution < 1.29 is 0 Å². The van der Waals surface area contributed by atoms with E-state index in [9.17, 15) is 0 Å². The Morgan fingerprint density at radius 1 is 1.12 bits per heavy atom. The largest absolute Gasteiger partial charge is 0.382 e. The highest BCUT2D eigenvalue weighted by Gasteiger charge is 2.10. The van der Waals surface area contributed by atoms with Crippen LogP contribution in [-0.4, -0.2) is 49.7 Å². The van der Waals surface area contributed by atoms with Gasteiger partial charge in [-0.05, 0) is 70.6 Å². The van der Waals surface area contributed by atoms with Gasteiger partial charge in [-0.1, -0.05) is 13.8 Å². The van der Waals surface area contributed by atoms with Gasteiger partial charge in [0.1, 0.15) is 0 Å². The van der Waals surface area contributed by atoms with E-state index in [1.54, 1.807) is 0 Å². The number of aromatic nitrogens is 1. The first-order valence-corrected chi connectivity index (χ1v) is 9.52. The minimum atomic E-state index is 0.448. The Kier molecular flexibility index (Phi) is 7.06. The highest BCUT2D eigenvalue weighted by molar-refractivity contribution is 5.94. The maximum atomic E-state index is 4.69. The second-order valence-corrected chi connectivity index (χ2v) is 7.12. The number of aryl methyl sites for hydroxylation is 1. The lowest BCUT2D eigenvalue weighted by Crippen LogP contribution is -2.25. The molecule has 0 bridgehead atoms. The molecule has 0 saturated carbocycles. The van der Waals surface area contributed by atoms with Gasteiger partial charge in [-0.2, -0.15) is 0 Å². The van der Waals surface area contributed by atoms with E-state index in [0.717, 1.165) is 24.3 Å². The first-order valence-electron chi connectivity index (χ1n) is 9.52. The molecule has 25 heavy (non-hydrogen) atoms. The molecule has 1 aromatic carbocycles. The van der Waals surface area contributed by atoms with Gasteiger partial charge < -0.3 is 15.1 Å². The smallest absolute Gasteiger partial charge is 0.0727 e. The highest BCUT2D eigenvalue weighted by atomic mass is 15.1. The summed E-state index contributed by atoms with van der Waals surface area (Å²) in [7, 11) is 4.15. The summed E-state index contributed by atoms with van der Waals surface area (Å²) < 4.78 is 0. The standard InChI is InChI=1S/C21H34N4/c1-7-25(8-2)13-9-10-16(3)22-21-14-17(4)23-20-12-11-18(24(5)6)15-19(20)21/h11-12,14-16H,7-10,13H2,1-6H3,(H,22,23)/t16-/m0/s1. The number of rotatable bonds is 9. The van der Waals surface area contributed by atoms with Crippen LogP contribution in [0, 0.1) is 6.92 Å². The van der Waals surface area contributed by atoms with E-state index in [2.05, 4.69) is 86.2 Å². The van der Waals surface area contributed by atoms with Crippen LogP contribution in [0.1, 0.15) is 39.3 Å². The van der Waals surface area contributed by atoms with Crippen LogP contribution < -0.4 is 10.2 Å². The van der Waals surface area contributed by atoms with Crippen molar-refractivity contribution in [1.29, 1.82) is 0 Å². The quantitative estimate of drug-likeness (QED) is 0.725. The Morgan fingerprint density at radius 3 is 2.48 bits per heavy atom. The van der Waals surface area contributed by atoms with Crippen LogP contribution >= 0.6 is 0 Å². The Morgan fingerprint density at radius 2 is 1.84 bits per heavy atom. The third kappa shape index (κ3) is 5.33. The molecule has 1 atom stereocenters. The van der Waals surface area contributed by atoms with Crippen molar-refractivity contribution in [2.45, 2.75) is 46.6 Å². The number of benzene rings is 1. The Hall–Kier alpha value is -1.81. The average Bonchev–Trinajstić information content (AvgIpc) is 2.58. The Labute approximate surface area is 153 Å². The fourth-order valence-corrected chi connectivity index (χ4v) is 3.24. The third-order valence-electron chi connectivity index (χ3n) is 4.84. The number of fused-ring (bicyclic) bond motifs is 1. The summed E-state index contributed by atoms with van der Waals surface area (Å²) in [5.41, 5.74) is 4.52. The number of anilines is 2. The first kappa shape index (κ1) is 19.5. The number of hydrogen-bond donors (Lipinski definition) is 1. The summed E-state index contributed by atoms with van der Waals surface area (Å²) in [6, 6.07) is 9.10. The maximum Gasteiger partial charge on any atom is 0.0727 e. The van der Waals surface area contributed by atoms with E-state index < -0.39 is 0 Å². The van der Waals surface area contributed by atoms with Crippen molar-refractivity contribution in [1.82, 2.24) is 9.88 Å². The lowest BCUT2D eigenvalue weighted by atomic mass is 10.1. The van der Waals surface area contributed by atoms with Crippen LogP contribution in [0.15, 0.2) is 24.3 Å². The minimum Gasteiger partial charge on any atom is -0.382 e. The molecule has 4 heteroatoms. The van der Waals surface area contributed by atoms with Gasteiger partial charge in [0.05, 0.1) is 5.52 Å². The fourth-order valence-electron chi connectivity index (χ4n) is 3.24. The average molecular weight is 343 g/mol. The van der Waals surface area contributed by atoms with E-state index in [1.807, 2.05) is 0 Å². The van der Waals surface area contributed by atoms with E-state index in [-0.39, 0.29) is 0 Å². The molecule has 0 aliphatic rings. The predicted octanol–water partition coefficient (Wildman–Crippen LogP) is 4.53. The van der Waals surface area contributed by atoms with Crippen molar-refractivity contribution in [3.63, 3.8) is 0 Å². The molecule has 0 amide bonds. The molecule has 0 fully saturated rings. The lowest BCUT2D eigenvalue weighted by molar-refractivity contribution is 0.295. The number of nitrogens with one attached hydrogen (secondary N) is 1. The molecule has 4 nitrogen and oxygen atoms in total. The van der Waals surface area contributed by atoms with Crippen molar-refractivity contribution in [2.24, 2.45) is 0 Å². The summed E-state index contributed by atoms with van der Waals surface area (Å²) >= 11 is 0. The van der Waals surface area contributed by atoms with Gasteiger partial charge in [0.2, 0.25) is 0 Å². The third-order valence-corrected chi connectivity index (χ3v) is 4.84. The zero-order valence-corrected chi connectivity index (χ0v) is 16.8. The zero-order chi connectivity index (χ0) is 18.4. The molecule has 0 radical (unpaired) electrons.